The van der Waals surface area contributed by atoms with Crippen LogP contribution in [0.4, 0.5) is 13.2 Å². The molecule has 0 fully saturated rings. The zero-order chi connectivity index (χ0) is 19.1. The highest BCUT2D eigenvalue weighted by Gasteiger charge is 2.39. The summed E-state index contributed by atoms with van der Waals surface area (Å²) in [4.78, 5) is -0.770. The van der Waals surface area contributed by atoms with E-state index in [2.05, 4.69) is 0 Å². The largest absolute Gasteiger partial charge is 0.417 e. The number of hydrogen-bond donors (Lipinski definition) is 0. The number of rotatable bonds is 9. The number of sulfone groups is 1. The Hall–Kier alpha value is -1.55. The molecule has 0 heterocycles. The first-order chi connectivity index (χ1) is 11.7. The van der Waals surface area contributed by atoms with E-state index in [1.165, 1.54) is 0 Å². The summed E-state index contributed by atoms with van der Waals surface area (Å²) in [6.45, 7) is 3.84. The van der Waals surface area contributed by atoms with Gasteiger partial charge >= 0.3 is 6.18 Å². The van der Waals surface area contributed by atoms with Gasteiger partial charge in [0.05, 0.1) is 27.3 Å². The smallest absolute Gasteiger partial charge is 0.223 e. The minimum Gasteiger partial charge on any atom is -0.223 e. The quantitative estimate of drug-likeness (QED) is 0.536. The third kappa shape index (κ3) is 5.74. The first-order valence-corrected chi connectivity index (χ1v) is 10.1. The van der Waals surface area contributed by atoms with Gasteiger partial charge in [-0.15, -0.1) is 0 Å². The van der Waals surface area contributed by atoms with Crippen molar-refractivity contribution in [1.29, 1.82) is 5.26 Å². The molecule has 7 heteroatoms. The van der Waals surface area contributed by atoms with Crippen molar-refractivity contribution in [1.82, 2.24) is 0 Å². The first-order valence-electron chi connectivity index (χ1n) is 8.53. The Morgan fingerprint density at radius 2 is 1.76 bits per heavy atom. The lowest BCUT2D eigenvalue weighted by Gasteiger charge is -2.20. The van der Waals surface area contributed by atoms with Crippen molar-refractivity contribution in [2.24, 2.45) is 0 Å². The van der Waals surface area contributed by atoms with Gasteiger partial charge in [0.25, 0.3) is 0 Å². The van der Waals surface area contributed by atoms with Crippen molar-refractivity contribution >= 4 is 9.84 Å². The predicted octanol–water partition coefficient (Wildman–Crippen LogP) is 5.49. The third-order valence-corrected chi connectivity index (χ3v) is 6.45. The molecule has 0 aliphatic rings. The van der Waals surface area contributed by atoms with Gasteiger partial charge in [0.2, 0.25) is 0 Å². The van der Waals surface area contributed by atoms with Crippen LogP contribution in [0.15, 0.2) is 23.1 Å². The molecule has 1 atom stereocenters. The van der Waals surface area contributed by atoms with Crippen LogP contribution < -0.4 is 0 Å². The lowest BCUT2D eigenvalue weighted by molar-refractivity contribution is -0.139. The fourth-order valence-corrected chi connectivity index (χ4v) is 4.98. The van der Waals surface area contributed by atoms with Crippen molar-refractivity contribution in [3.05, 3.63) is 29.3 Å². The number of nitriles is 1. The van der Waals surface area contributed by atoms with Crippen LogP contribution >= 0.6 is 0 Å². The number of alkyl halides is 3. The van der Waals surface area contributed by atoms with E-state index in [0.29, 0.717) is 31.7 Å². The Balaban J connectivity index is 3.30. The number of benzene rings is 1. The molecule has 0 aliphatic carbocycles. The maximum atomic E-state index is 13.3. The van der Waals surface area contributed by atoms with E-state index in [4.69, 9.17) is 5.26 Å². The Morgan fingerprint density at radius 3 is 2.28 bits per heavy atom. The monoisotopic (exact) mass is 375 g/mol. The molecule has 1 aromatic carbocycles. The second kappa shape index (κ2) is 9.23. The molecule has 0 bridgehead atoms. The maximum absolute atomic E-state index is 13.3. The van der Waals surface area contributed by atoms with E-state index in [9.17, 15) is 21.6 Å². The topological polar surface area (TPSA) is 57.9 Å². The predicted molar refractivity (Wildman–Crippen MR) is 90.8 cm³/mol. The fourth-order valence-electron chi connectivity index (χ4n) is 2.82. The number of hydrogen-bond acceptors (Lipinski definition) is 3. The summed E-state index contributed by atoms with van der Waals surface area (Å²) in [7, 11) is -4.17. The molecule has 0 amide bonds. The van der Waals surface area contributed by atoms with Gasteiger partial charge in [-0.1, -0.05) is 46.0 Å². The molecule has 0 aliphatic heterocycles. The average Bonchev–Trinajstić information content (AvgIpc) is 2.56. The summed E-state index contributed by atoms with van der Waals surface area (Å²) < 4.78 is 65.6. The molecule has 0 aromatic heterocycles. The van der Waals surface area contributed by atoms with Crippen LogP contribution in [0, 0.1) is 11.3 Å². The van der Waals surface area contributed by atoms with Crippen molar-refractivity contribution in [2.75, 3.05) is 0 Å². The molecule has 0 N–H and O–H groups in total. The third-order valence-electron chi connectivity index (χ3n) is 4.15. The van der Waals surface area contributed by atoms with Crippen molar-refractivity contribution < 1.29 is 21.6 Å². The Kier molecular flexibility index (Phi) is 7.94. The summed E-state index contributed by atoms with van der Waals surface area (Å²) in [6, 6.07) is 4.26. The lowest BCUT2D eigenvalue weighted by Crippen LogP contribution is -2.24. The van der Waals surface area contributed by atoms with E-state index < -0.39 is 31.7 Å². The number of unbranched alkanes of at least 4 members (excludes halogenated alkanes) is 3. The van der Waals surface area contributed by atoms with Crippen LogP contribution in [0.25, 0.3) is 0 Å². The molecular formula is C18H24F3NO2S. The standard InChI is InChI=1S/C18H24F3NO2S/c1-3-5-6-7-9-15(8-4-2)25(23,24)17-12-14(13-22)10-11-16(17)18(19,20)21/h10-12,15H,3-9H2,1-2H3. The van der Waals surface area contributed by atoms with Crippen LogP contribution in [0.3, 0.4) is 0 Å². The van der Waals surface area contributed by atoms with Gasteiger partial charge < -0.3 is 0 Å². The second-order valence-electron chi connectivity index (χ2n) is 6.13. The summed E-state index contributed by atoms with van der Waals surface area (Å²) >= 11 is 0. The molecule has 1 aromatic rings. The summed E-state index contributed by atoms with van der Waals surface area (Å²) in [6.07, 6.45) is -0.0863. The van der Waals surface area contributed by atoms with E-state index in [1.807, 2.05) is 13.8 Å². The van der Waals surface area contributed by atoms with Crippen LogP contribution in [0.1, 0.15) is 69.9 Å². The van der Waals surface area contributed by atoms with E-state index in [-0.39, 0.29) is 5.56 Å². The van der Waals surface area contributed by atoms with E-state index in [0.717, 1.165) is 31.4 Å². The van der Waals surface area contributed by atoms with Gasteiger partial charge in [0.15, 0.2) is 9.84 Å². The minimum atomic E-state index is -4.78. The molecule has 0 spiro atoms. The molecule has 3 nitrogen and oxygen atoms in total. The number of halogens is 3. The van der Waals surface area contributed by atoms with Crippen LogP contribution in [-0.2, 0) is 16.0 Å². The normalized spacial score (nSPS) is 13.4. The fraction of sp³-hybridized carbons (Fsp3) is 0.611. The summed E-state index contributed by atoms with van der Waals surface area (Å²) in [5.74, 6) is 0. The van der Waals surface area contributed by atoms with Gasteiger partial charge in [-0.25, -0.2) is 8.42 Å². The van der Waals surface area contributed by atoms with Crippen molar-refractivity contribution in [3.63, 3.8) is 0 Å². The molecule has 0 saturated carbocycles. The van der Waals surface area contributed by atoms with E-state index in [1.54, 1.807) is 6.07 Å². The van der Waals surface area contributed by atoms with Crippen LogP contribution in [0.5, 0.6) is 0 Å². The maximum Gasteiger partial charge on any atom is 0.417 e. The Bertz CT molecular complexity index is 706. The summed E-state index contributed by atoms with van der Waals surface area (Å²) in [5.41, 5.74) is -1.28. The molecule has 0 saturated heterocycles. The number of nitrogens with zero attached hydrogens (tertiary/aromatic N) is 1. The van der Waals surface area contributed by atoms with Crippen molar-refractivity contribution in [2.45, 2.75) is 75.1 Å². The van der Waals surface area contributed by atoms with Gasteiger partial charge in [0, 0.05) is 0 Å². The SMILES string of the molecule is CCCCCCC(CCC)S(=O)(=O)c1cc(C#N)ccc1C(F)(F)F. The van der Waals surface area contributed by atoms with Gasteiger partial charge in [-0.3, -0.25) is 0 Å². The van der Waals surface area contributed by atoms with Gasteiger partial charge in [-0.2, -0.15) is 18.4 Å². The molecule has 140 valence electrons. The molecule has 0 radical (unpaired) electrons. The summed E-state index contributed by atoms with van der Waals surface area (Å²) in [5, 5.41) is 8.08. The zero-order valence-electron chi connectivity index (χ0n) is 14.6. The lowest BCUT2D eigenvalue weighted by atomic mass is 10.1. The zero-order valence-corrected chi connectivity index (χ0v) is 15.4. The molecular weight excluding hydrogens is 351 g/mol. The van der Waals surface area contributed by atoms with Gasteiger partial charge in [0.1, 0.15) is 0 Å². The Morgan fingerprint density at radius 1 is 1.08 bits per heavy atom. The van der Waals surface area contributed by atoms with Crippen LogP contribution in [-0.4, -0.2) is 13.7 Å². The minimum absolute atomic E-state index is 0.0900. The average molecular weight is 375 g/mol. The van der Waals surface area contributed by atoms with Crippen molar-refractivity contribution in [3.8, 4) is 6.07 Å². The highest BCUT2D eigenvalue weighted by atomic mass is 32.2. The highest BCUT2D eigenvalue weighted by Crippen LogP contribution is 2.37. The first kappa shape index (κ1) is 21.5. The molecule has 25 heavy (non-hydrogen) atoms. The molecule has 1 rings (SSSR count). The highest BCUT2D eigenvalue weighted by molar-refractivity contribution is 7.92. The Labute approximate surface area is 147 Å². The second-order valence-corrected chi connectivity index (χ2v) is 8.32. The van der Waals surface area contributed by atoms with Crippen LogP contribution in [0.2, 0.25) is 0 Å². The van der Waals surface area contributed by atoms with E-state index >= 15 is 0 Å². The van der Waals surface area contributed by atoms with Gasteiger partial charge in [-0.05, 0) is 31.0 Å². The molecule has 1 unspecified atom stereocenters.